The van der Waals surface area contributed by atoms with E-state index in [-0.39, 0.29) is 18.0 Å². The van der Waals surface area contributed by atoms with Crippen molar-refractivity contribution in [2.24, 2.45) is 0 Å². The largest absolute Gasteiger partial charge is 0.383 e. The highest BCUT2D eigenvalue weighted by Crippen LogP contribution is 2.19. The molecule has 4 aromatic rings. The van der Waals surface area contributed by atoms with Gasteiger partial charge >= 0.3 is 0 Å². The molecule has 0 saturated heterocycles. The Labute approximate surface area is 197 Å². The maximum absolute atomic E-state index is 13.1. The number of methoxy groups -OCH3 is 1. The topological polar surface area (TPSA) is 93.1 Å². The fourth-order valence-electron chi connectivity index (χ4n) is 3.84. The summed E-state index contributed by atoms with van der Waals surface area (Å²) in [6, 6.07) is 17.0. The van der Waals surface area contributed by atoms with Gasteiger partial charge in [0.15, 0.2) is 0 Å². The smallest absolute Gasteiger partial charge is 0.258 e. The monoisotopic (exact) mass is 457 g/mol. The molecular weight excluding hydrogens is 430 g/mol. The number of para-hydroxylation sites is 2. The zero-order valence-corrected chi connectivity index (χ0v) is 19.5. The minimum atomic E-state index is -0.227. The lowest BCUT2D eigenvalue weighted by atomic mass is 10.1. The van der Waals surface area contributed by atoms with Gasteiger partial charge in [0, 0.05) is 31.0 Å². The second-order valence-electron chi connectivity index (χ2n) is 7.95. The lowest BCUT2D eigenvalue weighted by Gasteiger charge is -2.20. The molecule has 2 heterocycles. The van der Waals surface area contributed by atoms with E-state index in [1.54, 1.807) is 36.3 Å². The van der Waals surface area contributed by atoms with Gasteiger partial charge in [-0.3, -0.25) is 9.59 Å². The average Bonchev–Trinajstić information content (AvgIpc) is 3.13. The van der Waals surface area contributed by atoms with E-state index in [1.165, 1.54) is 6.08 Å². The van der Waals surface area contributed by atoms with Gasteiger partial charge < -0.3 is 14.6 Å². The van der Waals surface area contributed by atoms with Crippen molar-refractivity contribution in [1.82, 2.24) is 24.6 Å². The van der Waals surface area contributed by atoms with Gasteiger partial charge in [0.05, 0.1) is 35.4 Å². The normalized spacial score (nSPS) is 11.4. The summed E-state index contributed by atoms with van der Waals surface area (Å²) in [4.78, 5) is 34.4. The number of aromatic amines is 1. The Balaban J connectivity index is 1.58. The van der Waals surface area contributed by atoms with E-state index >= 15 is 0 Å². The molecule has 0 saturated carbocycles. The van der Waals surface area contributed by atoms with Crippen molar-refractivity contribution in [3.63, 3.8) is 0 Å². The summed E-state index contributed by atoms with van der Waals surface area (Å²) in [5.74, 6) is 0.213. The molecule has 0 radical (unpaired) electrons. The number of hydrogen-bond acceptors (Lipinski definition) is 5. The number of aryl methyl sites for hydroxylation is 1. The predicted octanol–water partition coefficient (Wildman–Crippen LogP) is 3.41. The second kappa shape index (κ2) is 10.3. The molecule has 0 bridgehead atoms. The third-order valence-corrected chi connectivity index (χ3v) is 5.62. The Bertz CT molecular complexity index is 1390. The van der Waals surface area contributed by atoms with Gasteiger partial charge in [-0.25, -0.2) is 9.67 Å². The van der Waals surface area contributed by atoms with Crippen LogP contribution < -0.4 is 5.56 Å². The zero-order valence-electron chi connectivity index (χ0n) is 19.5. The fourth-order valence-corrected chi connectivity index (χ4v) is 3.84. The van der Waals surface area contributed by atoms with Crippen molar-refractivity contribution < 1.29 is 9.53 Å². The molecule has 8 nitrogen and oxygen atoms in total. The van der Waals surface area contributed by atoms with Crippen LogP contribution in [-0.2, 0) is 16.1 Å². The molecule has 0 aliphatic carbocycles. The summed E-state index contributed by atoms with van der Waals surface area (Å²) >= 11 is 0. The quantitative estimate of drug-likeness (QED) is 0.409. The number of rotatable bonds is 8. The number of carbonyl (C=O) groups is 1. The molecule has 0 atom stereocenters. The molecule has 1 N–H and O–H groups in total. The summed E-state index contributed by atoms with van der Waals surface area (Å²) < 4.78 is 7.05. The Morgan fingerprint density at radius 3 is 2.62 bits per heavy atom. The van der Waals surface area contributed by atoms with Crippen molar-refractivity contribution in [3.05, 3.63) is 93.8 Å². The van der Waals surface area contributed by atoms with E-state index in [4.69, 9.17) is 4.74 Å². The number of nitrogens with one attached hydrogen (secondary N) is 1. The van der Waals surface area contributed by atoms with Crippen LogP contribution in [0.3, 0.4) is 0 Å². The number of fused-ring (bicyclic) bond motifs is 1. The van der Waals surface area contributed by atoms with Gasteiger partial charge in [0.2, 0.25) is 5.91 Å². The van der Waals surface area contributed by atoms with Crippen molar-refractivity contribution in [2.45, 2.75) is 20.4 Å². The third kappa shape index (κ3) is 4.97. The van der Waals surface area contributed by atoms with Gasteiger partial charge in [-0.2, -0.15) is 5.10 Å². The summed E-state index contributed by atoms with van der Waals surface area (Å²) in [5.41, 5.74) is 3.99. The van der Waals surface area contributed by atoms with Crippen LogP contribution in [0.5, 0.6) is 0 Å². The van der Waals surface area contributed by atoms with E-state index in [2.05, 4.69) is 15.1 Å². The first kappa shape index (κ1) is 23.1. The van der Waals surface area contributed by atoms with Crippen LogP contribution in [0.2, 0.25) is 0 Å². The van der Waals surface area contributed by atoms with Gasteiger partial charge in [0.25, 0.3) is 5.56 Å². The van der Waals surface area contributed by atoms with Crippen LogP contribution in [-0.4, -0.2) is 50.8 Å². The Kier molecular flexibility index (Phi) is 6.98. The zero-order chi connectivity index (χ0) is 24.1. The molecule has 174 valence electrons. The molecule has 0 aliphatic rings. The predicted molar refractivity (Wildman–Crippen MR) is 132 cm³/mol. The van der Waals surface area contributed by atoms with Crippen molar-refractivity contribution in [1.29, 1.82) is 0 Å². The summed E-state index contributed by atoms with van der Waals surface area (Å²) in [7, 11) is 1.58. The molecule has 34 heavy (non-hydrogen) atoms. The Morgan fingerprint density at radius 2 is 1.85 bits per heavy atom. The minimum Gasteiger partial charge on any atom is -0.383 e. The number of H-pyrrole nitrogens is 1. The Morgan fingerprint density at radius 1 is 1.12 bits per heavy atom. The number of ether oxygens (including phenoxy) is 1. The van der Waals surface area contributed by atoms with Gasteiger partial charge in [-0.15, -0.1) is 0 Å². The second-order valence-corrected chi connectivity index (χ2v) is 7.95. The SMILES string of the molecule is COCCN(Cc1nc2ccccc2c(=O)[nH]1)C(=O)/C=C/c1c(C)nn(-c2ccccc2)c1C. The van der Waals surface area contributed by atoms with Crippen LogP contribution >= 0.6 is 0 Å². The van der Waals surface area contributed by atoms with E-state index in [0.717, 1.165) is 22.6 Å². The number of hydrogen-bond donors (Lipinski definition) is 1. The van der Waals surface area contributed by atoms with E-state index in [1.807, 2.05) is 54.9 Å². The van der Waals surface area contributed by atoms with Crippen LogP contribution in [0.4, 0.5) is 0 Å². The third-order valence-electron chi connectivity index (χ3n) is 5.62. The van der Waals surface area contributed by atoms with Crippen LogP contribution in [0, 0.1) is 13.8 Å². The van der Waals surface area contributed by atoms with Gasteiger partial charge in [0.1, 0.15) is 5.82 Å². The average molecular weight is 458 g/mol. The lowest BCUT2D eigenvalue weighted by molar-refractivity contribution is -0.127. The van der Waals surface area contributed by atoms with Crippen molar-refractivity contribution in [3.8, 4) is 5.69 Å². The number of amides is 1. The number of carbonyl (C=O) groups excluding carboxylic acids is 1. The highest BCUT2D eigenvalue weighted by atomic mass is 16.5. The molecule has 8 heteroatoms. The molecule has 4 rings (SSSR count). The molecule has 2 aromatic heterocycles. The first-order chi connectivity index (χ1) is 16.5. The first-order valence-electron chi connectivity index (χ1n) is 11.0. The molecule has 0 unspecified atom stereocenters. The van der Waals surface area contributed by atoms with Crippen LogP contribution in [0.25, 0.3) is 22.7 Å². The maximum atomic E-state index is 13.1. The highest BCUT2D eigenvalue weighted by Gasteiger charge is 2.15. The lowest BCUT2D eigenvalue weighted by Crippen LogP contribution is -2.33. The maximum Gasteiger partial charge on any atom is 0.258 e. The standard InChI is InChI=1S/C26H27N5O3/c1-18-21(19(2)31(29-18)20-9-5-4-6-10-20)13-14-25(32)30(15-16-34-3)17-24-27-23-12-8-7-11-22(23)26(33)28-24/h4-14H,15-17H2,1-3H3,(H,27,28,33)/b14-13+. The number of nitrogens with zero attached hydrogens (tertiary/aromatic N) is 4. The van der Waals surface area contributed by atoms with Crippen molar-refractivity contribution >= 4 is 22.9 Å². The van der Waals surface area contributed by atoms with Crippen LogP contribution in [0.15, 0.2) is 65.5 Å². The van der Waals surface area contributed by atoms with Gasteiger partial charge in [-0.1, -0.05) is 30.3 Å². The summed E-state index contributed by atoms with van der Waals surface area (Å²) in [5, 5.41) is 5.15. The molecular formula is C26H27N5O3. The first-order valence-corrected chi connectivity index (χ1v) is 11.0. The van der Waals surface area contributed by atoms with E-state index in [0.29, 0.717) is 29.9 Å². The fraction of sp³-hybridized carbons (Fsp3) is 0.231. The molecule has 0 aliphatic heterocycles. The van der Waals surface area contributed by atoms with Gasteiger partial charge in [-0.05, 0) is 44.2 Å². The van der Waals surface area contributed by atoms with Crippen molar-refractivity contribution in [2.75, 3.05) is 20.3 Å². The molecule has 2 aromatic carbocycles. The highest BCUT2D eigenvalue weighted by molar-refractivity contribution is 5.92. The summed E-state index contributed by atoms with van der Waals surface area (Å²) in [6.07, 6.45) is 3.32. The molecule has 1 amide bonds. The summed E-state index contributed by atoms with van der Waals surface area (Å²) in [6.45, 7) is 4.78. The number of aromatic nitrogens is 4. The Hall–Kier alpha value is -4.04. The van der Waals surface area contributed by atoms with E-state index < -0.39 is 0 Å². The van der Waals surface area contributed by atoms with E-state index in [9.17, 15) is 9.59 Å². The molecule has 0 fully saturated rings. The minimum absolute atomic E-state index is 0.161. The number of benzene rings is 2. The molecule has 0 spiro atoms. The van der Waals surface area contributed by atoms with Crippen LogP contribution in [0.1, 0.15) is 22.8 Å².